The van der Waals surface area contributed by atoms with Crippen molar-refractivity contribution in [1.82, 2.24) is 15.6 Å². The van der Waals surface area contributed by atoms with E-state index in [0.29, 0.717) is 25.6 Å². The molecule has 0 amide bonds. The maximum absolute atomic E-state index is 5.71. The van der Waals surface area contributed by atoms with Gasteiger partial charge in [0.1, 0.15) is 6.61 Å². The fraction of sp³-hybridized carbons (Fsp3) is 0.455. The predicted octanol–water partition coefficient (Wildman–Crippen LogP) is 4.10. The number of benzene rings is 1. The van der Waals surface area contributed by atoms with Crippen molar-refractivity contribution in [3.8, 4) is 5.88 Å². The highest BCUT2D eigenvalue weighted by Gasteiger charge is 2.43. The second kappa shape index (κ2) is 13.0. The van der Waals surface area contributed by atoms with E-state index in [0.717, 1.165) is 24.6 Å². The molecule has 0 radical (unpaired) electrons. The van der Waals surface area contributed by atoms with Crippen molar-refractivity contribution >= 4 is 41.7 Å². The zero-order valence-electron chi connectivity index (χ0n) is 17.6. The SMILES string of the molecule is CCNC(=NCc1cccnc1OCCOC)NCC1(Sc2ccccc2)CC1.I. The summed E-state index contributed by atoms with van der Waals surface area (Å²) in [4.78, 5) is 10.4. The molecule has 1 fully saturated rings. The summed E-state index contributed by atoms with van der Waals surface area (Å²) >= 11 is 1.96. The number of aliphatic imine (C=N–C) groups is 1. The Morgan fingerprint density at radius 2 is 1.93 bits per heavy atom. The molecule has 0 unspecified atom stereocenters. The molecule has 3 rings (SSSR count). The normalized spacial score (nSPS) is 14.5. The van der Waals surface area contributed by atoms with E-state index < -0.39 is 0 Å². The van der Waals surface area contributed by atoms with E-state index >= 15 is 0 Å². The smallest absolute Gasteiger partial charge is 0.218 e. The molecule has 1 aliphatic carbocycles. The van der Waals surface area contributed by atoms with Crippen LogP contribution in [-0.2, 0) is 11.3 Å². The van der Waals surface area contributed by atoms with Crippen molar-refractivity contribution in [3.63, 3.8) is 0 Å². The summed E-state index contributed by atoms with van der Waals surface area (Å²) in [5.41, 5.74) is 0.959. The maximum atomic E-state index is 5.71. The Hall–Kier alpha value is -1.52. The molecule has 0 saturated heterocycles. The van der Waals surface area contributed by atoms with Gasteiger partial charge in [-0.1, -0.05) is 24.3 Å². The van der Waals surface area contributed by atoms with Gasteiger partial charge in [0.25, 0.3) is 0 Å². The summed E-state index contributed by atoms with van der Waals surface area (Å²) in [6.07, 6.45) is 4.18. The minimum absolute atomic E-state index is 0. The molecule has 2 N–H and O–H groups in total. The summed E-state index contributed by atoms with van der Waals surface area (Å²) in [7, 11) is 1.66. The number of hydrogen-bond acceptors (Lipinski definition) is 5. The summed E-state index contributed by atoms with van der Waals surface area (Å²) in [5.74, 6) is 1.43. The van der Waals surface area contributed by atoms with Gasteiger partial charge in [-0.3, -0.25) is 0 Å². The molecule has 0 aliphatic heterocycles. The monoisotopic (exact) mass is 542 g/mol. The standard InChI is InChI=1S/C22H30N4O2S.HI/c1-3-23-21(25-16-18-8-7-13-24-20(18)28-15-14-27-2)26-17-22(11-12-22)29-19-9-5-4-6-10-19;/h4-10,13H,3,11-12,14-17H2,1-2H3,(H2,23,25,26);1H. The van der Waals surface area contributed by atoms with Crippen molar-refractivity contribution in [2.45, 2.75) is 36.0 Å². The van der Waals surface area contributed by atoms with E-state index in [1.165, 1.54) is 17.7 Å². The lowest BCUT2D eigenvalue weighted by Gasteiger charge is -2.18. The van der Waals surface area contributed by atoms with Gasteiger partial charge in [-0.2, -0.15) is 0 Å². The highest BCUT2D eigenvalue weighted by Crippen LogP contribution is 2.51. The molecule has 1 heterocycles. The third kappa shape index (κ3) is 7.96. The average Bonchev–Trinajstić information content (AvgIpc) is 3.51. The van der Waals surface area contributed by atoms with Crippen LogP contribution in [0.5, 0.6) is 5.88 Å². The van der Waals surface area contributed by atoms with Gasteiger partial charge in [0.2, 0.25) is 5.88 Å². The summed E-state index contributed by atoms with van der Waals surface area (Å²) < 4.78 is 11.0. The van der Waals surface area contributed by atoms with Crippen LogP contribution in [0.15, 0.2) is 58.5 Å². The zero-order chi connectivity index (χ0) is 20.4. The van der Waals surface area contributed by atoms with Gasteiger partial charge in [0.05, 0.1) is 13.2 Å². The van der Waals surface area contributed by atoms with Crippen molar-refractivity contribution in [2.24, 2.45) is 4.99 Å². The Morgan fingerprint density at radius 1 is 1.13 bits per heavy atom. The number of guanidine groups is 1. The van der Waals surface area contributed by atoms with E-state index in [1.807, 2.05) is 23.9 Å². The van der Waals surface area contributed by atoms with E-state index in [1.54, 1.807) is 13.3 Å². The number of pyridine rings is 1. The van der Waals surface area contributed by atoms with Crippen LogP contribution in [0.1, 0.15) is 25.3 Å². The van der Waals surface area contributed by atoms with Gasteiger partial charge in [-0.15, -0.1) is 35.7 Å². The Labute approximate surface area is 200 Å². The predicted molar refractivity (Wildman–Crippen MR) is 134 cm³/mol. The fourth-order valence-corrected chi connectivity index (χ4v) is 4.08. The first-order valence-electron chi connectivity index (χ1n) is 10.1. The minimum Gasteiger partial charge on any atom is -0.475 e. The minimum atomic E-state index is 0. The quantitative estimate of drug-likeness (QED) is 0.193. The van der Waals surface area contributed by atoms with Gasteiger partial charge in [-0.25, -0.2) is 9.98 Å². The van der Waals surface area contributed by atoms with Gasteiger partial charge in [-0.05, 0) is 38.0 Å². The molecule has 6 nitrogen and oxygen atoms in total. The van der Waals surface area contributed by atoms with E-state index in [9.17, 15) is 0 Å². The van der Waals surface area contributed by atoms with Crippen LogP contribution in [0, 0.1) is 0 Å². The number of methoxy groups -OCH3 is 1. The van der Waals surface area contributed by atoms with Crippen LogP contribution in [0.25, 0.3) is 0 Å². The Bertz CT molecular complexity index is 788. The van der Waals surface area contributed by atoms with E-state index in [2.05, 4.69) is 52.9 Å². The molecule has 0 spiro atoms. The van der Waals surface area contributed by atoms with E-state index in [4.69, 9.17) is 14.5 Å². The molecule has 8 heteroatoms. The summed E-state index contributed by atoms with van der Waals surface area (Å²) in [6.45, 7) is 5.29. The Morgan fingerprint density at radius 3 is 2.63 bits per heavy atom. The number of rotatable bonds is 11. The number of ether oxygens (including phenoxy) is 2. The van der Waals surface area contributed by atoms with Gasteiger partial charge < -0.3 is 20.1 Å². The maximum Gasteiger partial charge on any atom is 0.218 e. The molecule has 1 aliphatic rings. The summed E-state index contributed by atoms with van der Waals surface area (Å²) in [6, 6.07) is 14.5. The van der Waals surface area contributed by atoms with Crippen LogP contribution in [0.4, 0.5) is 0 Å². The third-order valence-electron chi connectivity index (χ3n) is 4.59. The lowest BCUT2D eigenvalue weighted by atomic mass is 10.3. The molecule has 2 aromatic rings. The average molecular weight is 542 g/mol. The first-order valence-corrected chi connectivity index (χ1v) is 10.9. The number of halogens is 1. The highest BCUT2D eigenvalue weighted by atomic mass is 127. The Kier molecular flexibility index (Phi) is 10.7. The second-order valence-corrected chi connectivity index (χ2v) is 8.50. The number of thioether (sulfide) groups is 1. The lowest BCUT2D eigenvalue weighted by molar-refractivity contribution is 0.143. The van der Waals surface area contributed by atoms with Crippen LogP contribution in [0.3, 0.4) is 0 Å². The van der Waals surface area contributed by atoms with Crippen molar-refractivity contribution in [3.05, 3.63) is 54.2 Å². The van der Waals surface area contributed by atoms with Crippen LogP contribution >= 0.6 is 35.7 Å². The third-order valence-corrected chi connectivity index (χ3v) is 6.08. The second-order valence-electron chi connectivity index (χ2n) is 6.96. The van der Waals surface area contributed by atoms with Crippen molar-refractivity contribution in [1.29, 1.82) is 0 Å². The first-order chi connectivity index (χ1) is 14.2. The Balaban J connectivity index is 0.00000320. The molecule has 1 saturated carbocycles. The molecular formula is C22H31IN4O2S. The number of hydrogen-bond donors (Lipinski definition) is 2. The molecular weight excluding hydrogens is 511 g/mol. The topological polar surface area (TPSA) is 67.8 Å². The largest absolute Gasteiger partial charge is 0.475 e. The van der Waals surface area contributed by atoms with Crippen molar-refractivity contribution < 1.29 is 9.47 Å². The van der Waals surface area contributed by atoms with Gasteiger partial charge in [0.15, 0.2) is 5.96 Å². The molecule has 1 aromatic carbocycles. The molecule has 0 bridgehead atoms. The van der Waals surface area contributed by atoms with Crippen LogP contribution in [0.2, 0.25) is 0 Å². The number of aromatic nitrogens is 1. The lowest BCUT2D eigenvalue weighted by Crippen LogP contribution is -2.41. The molecule has 164 valence electrons. The van der Waals surface area contributed by atoms with E-state index in [-0.39, 0.29) is 28.7 Å². The fourth-order valence-electron chi connectivity index (χ4n) is 2.84. The first kappa shape index (κ1) is 24.7. The molecule has 30 heavy (non-hydrogen) atoms. The zero-order valence-corrected chi connectivity index (χ0v) is 20.7. The van der Waals surface area contributed by atoms with Gasteiger partial charge >= 0.3 is 0 Å². The summed E-state index contributed by atoms with van der Waals surface area (Å²) in [5, 5.41) is 6.86. The van der Waals surface area contributed by atoms with Gasteiger partial charge in [0, 0.05) is 41.6 Å². The highest BCUT2D eigenvalue weighted by molar-refractivity contribution is 14.0. The van der Waals surface area contributed by atoms with Crippen LogP contribution in [-0.4, -0.2) is 49.1 Å². The molecule has 0 atom stereocenters. The number of nitrogens with zero attached hydrogens (tertiary/aromatic N) is 2. The van der Waals surface area contributed by atoms with Crippen molar-refractivity contribution in [2.75, 3.05) is 33.4 Å². The molecule has 1 aromatic heterocycles. The number of nitrogens with one attached hydrogen (secondary N) is 2. The van der Waals surface area contributed by atoms with Crippen LogP contribution < -0.4 is 15.4 Å².